The summed E-state index contributed by atoms with van der Waals surface area (Å²) in [6.07, 6.45) is 1.62. The van der Waals surface area contributed by atoms with E-state index in [4.69, 9.17) is 17.3 Å². The lowest BCUT2D eigenvalue weighted by atomic mass is 10.2. The summed E-state index contributed by atoms with van der Waals surface area (Å²) in [6, 6.07) is 3.23. The van der Waals surface area contributed by atoms with E-state index in [9.17, 15) is 4.79 Å². The lowest BCUT2D eigenvalue weighted by Gasteiger charge is -2.03. The van der Waals surface area contributed by atoms with Crippen molar-refractivity contribution < 1.29 is 4.79 Å². The van der Waals surface area contributed by atoms with Gasteiger partial charge in [-0.05, 0) is 23.7 Å². The number of aromatic nitrogens is 4. The Morgan fingerprint density at radius 2 is 2.25 bits per heavy atom. The number of primary amides is 1. The van der Waals surface area contributed by atoms with Crippen molar-refractivity contribution in [3.8, 4) is 11.4 Å². The molecule has 0 bridgehead atoms. The fraction of sp³-hybridized carbons (Fsp3) is 0.111. The van der Waals surface area contributed by atoms with Crippen molar-refractivity contribution in [1.82, 2.24) is 19.7 Å². The molecule has 0 aromatic carbocycles. The van der Waals surface area contributed by atoms with Crippen LogP contribution in [0.3, 0.4) is 0 Å². The Labute approximate surface area is 96.1 Å². The van der Waals surface area contributed by atoms with Crippen LogP contribution in [0.2, 0.25) is 5.28 Å². The Morgan fingerprint density at radius 1 is 1.50 bits per heavy atom. The third kappa shape index (κ3) is 1.87. The molecule has 0 radical (unpaired) electrons. The van der Waals surface area contributed by atoms with E-state index in [1.807, 2.05) is 0 Å². The summed E-state index contributed by atoms with van der Waals surface area (Å²) < 4.78 is 1.61. The average Bonchev–Trinajstić information content (AvgIpc) is 2.63. The second-order valence-electron chi connectivity index (χ2n) is 3.11. The molecule has 0 spiro atoms. The van der Waals surface area contributed by atoms with E-state index in [2.05, 4.69) is 15.1 Å². The van der Waals surface area contributed by atoms with Gasteiger partial charge in [-0.15, -0.1) is 0 Å². The first-order valence-electron chi connectivity index (χ1n) is 4.40. The van der Waals surface area contributed by atoms with Gasteiger partial charge in [0.2, 0.25) is 5.28 Å². The first-order chi connectivity index (χ1) is 7.58. The first-order valence-corrected chi connectivity index (χ1v) is 4.78. The van der Waals surface area contributed by atoms with Crippen molar-refractivity contribution in [3.63, 3.8) is 0 Å². The largest absolute Gasteiger partial charge is 0.364 e. The molecule has 2 heterocycles. The third-order valence-electron chi connectivity index (χ3n) is 2.03. The summed E-state index contributed by atoms with van der Waals surface area (Å²) in [5.41, 5.74) is 6.45. The standard InChI is InChI=1S/C9H8ClN5O/c1-15-7(2-3-12-15)5-4-6(8(11)16)14-9(10)13-5/h2-4H,1H3,(H2,11,16). The van der Waals surface area contributed by atoms with Gasteiger partial charge in [-0.25, -0.2) is 9.97 Å². The number of hydrogen-bond donors (Lipinski definition) is 1. The number of nitrogens with zero attached hydrogens (tertiary/aromatic N) is 4. The molecule has 0 aliphatic rings. The van der Waals surface area contributed by atoms with Gasteiger partial charge >= 0.3 is 0 Å². The molecule has 2 aromatic rings. The van der Waals surface area contributed by atoms with Gasteiger partial charge in [0, 0.05) is 13.2 Å². The minimum absolute atomic E-state index is 0.0208. The Bertz CT molecular complexity index is 551. The predicted octanol–water partition coefficient (Wildman–Crippen LogP) is 0.629. The molecular formula is C9H8ClN5O. The number of hydrogen-bond acceptors (Lipinski definition) is 4. The van der Waals surface area contributed by atoms with Crippen molar-refractivity contribution in [3.05, 3.63) is 29.3 Å². The van der Waals surface area contributed by atoms with Crippen LogP contribution in [0.4, 0.5) is 0 Å². The molecule has 0 atom stereocenters. The zero-order valence-corrected chi connectivity index (χ0v) is 9.14. The molecule has 2 aromatic heterocycles. The number of carbonyl (C=O) groups excluding carboxylic acids is 1. The van der Waals surface area contributed by atoms with E-state index in [-0.39, 0.29) is 11.0 Å². The molecule has 6 nitrogen and oxygen atoms in total. The highest BCUT2D eigenvalue weighted by molar-refractivity contribution is 6.28. The van der Waals surface area contributed by atoms with Gasteiger partial charge in [-0.1, -0.05) is 0 Å². The van der Waals surface area contributed by atoms with Gasteiger partial charge in [0.15, 0.2) is 0 Å². The van der Waals surface area contributed by atoms with Gasteiger partial charge in [0.05, 0.1) is 11.4 Å². The molecule has 0 fully saturated rings. The Balaban J connectivity index is 2.58. The summed E-state index contributed by atoms with van der Waals surface area (Å²) in [5, 5.41) is 3.97. The lowest BCUT2D eigenvalue weighted by molar-refractivity contribution is 0.0995. The van der Waals surface area contributed by atoms with Crippen LogP contribution < -0.4 is 5.73 Å². The molecule has 0 saturated heterocycles. The number of amides is 1. The summed E-state index contributed by atoms with van der Waals surface area (Å²) in [7, 11) is 1.76. The van der Waals surface area contributed by atoms with Crippen molar-refractivity contribution in [1.29, 1.82) is 0 Å². The van der Waals surface area contributed by atoms with Crippen LogP contribution in [0.1, 0.15) is 10.5 Å². The van der Waals surface area contributed by atoms with Crippen LogP contribution in [0.5, 0.6) is 0 Å². The maximum Gasteiger partial charge on any atom is 0.267 e. The molecule has 1 amide bonds. The monoisotopic (exact) mass is 237 g/mol. The van der Waals surface area contributed by atoms with E-state index in [0.717, 1.165) is 5.69 Å². The van der Waals surface area contributed by atoms with Crippen LogP contribution in [0.15, 0.2) is 18.3 Å². The fourth-order valence-electron chi connectivity index (χ4n) is 1.30. The van der Waals surface area contributed by atoms with Gasteiger partial charge in [-0.2, -0.15) is 5.10 Å². The summed E-state index contributed by atoms with van der Waals surface area (Å²) in [4.78, 5) is 18.7. The molecule has 7 heteroatoms. The second kappa shape index (κ2) is 3.90. The van der Waals surface area contributed by atoms with E-state index in [0.29, 0.717) is 5.69 Å². The number of nitrogens with two attached hydrogens (primary N) is 1. The highest BCUT2D eigenvalue weighted by atomic mass is 35.5. The SMILES string of the molecule is Cn1nccc1-c1cc(C(N)=O)nc(Cl)n1. The summed E-state index contributed by atoms with van der Waals surface area (Å²) in [5.74, 6) is -0.646. The van der Waals surface area contributed by atoms with E-state index in [1.54, 1.807) is 24.0 Å². The third-order valence-corrected chi connectivity index (χ3v) is 2.20. The molecule has 2 rings (SSSR count). The van der Waals surface area contributed by atoms with Crippen molar-refractivity contribution in [2.45, 2.75) is 0 Å². The van der Waals surface area contributed by atoms with Gasteiger partial charge in [0.1, 0.15) is 5.69 Å². The number of halogens is 1. The zero-order chi connectivity index (χ0) is 11.7. The topological polar surface area (TPSA) is 86.7 Å². The molecule has 0 saturated carbocycles. The lowest BCUT2D eigenvalue weighted by Crippen LogP contribution is -2.14. The second-order valence-corrected chi connectivity index (χ2v) is 3.45. The Hall–Kier alpha value is -1.95. The maximum absolute atomic E-state index is 11.0. The molecule has 0 aliphatic carbocycles. The number of aryl methyl sites for hydroxylation is 1. The first kappa shape index (κ1) is 10.6. The quantitative estimate of drug-likeness (QED) is 0.776. The molecular weight excluding hydrogens is 230 g/mol. The van der Waals surface area contributed by atoms with Crippen LogP contribution >= 0.6 is 11.6 Å². The van der Waals surface area contributed by atoms with Crippen molar-refractivity contribution in [2.75, 3.05) is 0 Å². The van der Waals surface area contributed by atoms with Gasteiger partial charge in [0.25, 0.3) is 5.91 Å². The van der Waals surface area contributed by atoms with E-state index in [1.165, 1.54) is 6.07 Å². The average molecular weight is 238 g/mol. The zero-order valence-electron chi connectivity index (χ0n) is 8.38. The molecule has 0 aliphatic heterocycles. The summed E-state index contributed by atoms with van der Waals surface area (Å²) in [6.45, 7) is 0. The van der Waals surface area contributed by atoms with Crippen molar-refractivity contribution >= 4 is 17.5 Å². The van der Waals surface area contributed by atoms with Gasteiger partial charge in [-0.3, -0.25) is 9.48 Å². The summed E-state index contributed by atoms with van der Waals surface area (Å²) >= 11 is 5.70. The number of rotatable bonds is 2. The number of carbonyl (C=O) groups is 1. The minimum Gasteiger partial charge on any atom is -0.364 e. The molecule has 82 valence electrons. The van der Waals surface area contributed by atoms with Crippen LogP contribution in [-0.2, 0) is 7.05 Å². The maximum atomic E-state index is 11.0. The van der Waals surface area contributed by atoms with Gasteiger partial charge < -0.3 is 5.73 Å². The van der Waals surface area contributed by atoms with E-state index < -0.39 is 5.91 Å². The highest BCUT2D eigenvalue weighted by Gasteiger charge is 2.11. The Kier molecular flexibility index (Phi) is 2.57. The molecule has 0 unspecified atom stereocenters. The van der Waals surface area contributed by atoms with Crippen LogP contribution in [0.25, 0.3) is 11.4 Å². The normalized spacial score (nSPS) is 10.4. The predicted molar refractivity (Wildman–Crippen MR) is 57.8 cm³/mol. The highest BCUT2D eigenvalue weighted by Crippen LogP contribution is 2.18. The fourth-order valence-corrected chi connectivity index (χ4v) is 1.48. The smallest absolute Gasteiger partial charge is 0.267 e. The van der Waals surface area contributed by atoms with Crippen LogP contribution in [-0.4, -0.2) is 25.7 Å². The van der Waals surface area contributed by atoms with Crippen molar-refractivity contribution in [2.24, 2.45) is 12.8 Å². The van der Waals surface area contributed by atoms with Crippen LogP contribution in [0, 0.1) is 0 Å². The minimum atomic E-state index is -0.646. The Morgan fingerprint density at radius 3 is 2.81 bits per heavy atom. The van der Waals surface area contributed by atoms with E-state index >= 15 is 0 Å². The molecule has 2 N–H and O–H groups in total. The molecule has 16 heavy (non-hydrogen) atoms.